The quantitative estimate of drug-likeness (QED) is 0.747. The molecule has 98 valence electrons. The molecule has 4 heteroatoms. The van der Waals surface area contributed by atoms with E-state index in [-0.39, 0.29) is 0 Å². The summed E-state index contributed by atoms with van der Waals surface area (Å²) in [6, 6.07) is 4.06. The van der Waals surface area contributed by atoms with E-state index < -0.39 is 5.97 Å². The number of fused-ring (bicyclic) bond motifs is 3. The molecule has 0 spiro atoms. The fourth-order valence-corrected chi connectivity index (χ4v) is 2.99. The Labute approximate surface area is 116 Å². The van der Waals surface area contributed by atoms with Crippen LogP contribution in [0.5, 0.6) is 0 Å². The van der Waals surface area contributed by atoms with Gasteiger partial charge in [0.1, 0.15) is 0 Å². The molecule has 3 rings (SSSR count). The van der Waals surface area contributed by atoms with Crippen molar-refractivity contribution in [2.24, 2.45) is 0 Å². The lowest BCUT2D eigenvalue weighted by atomic mass is 9.89. The molecule has 0 fully saturated rings. The zero-order valence-electron chi connectivity index (χ0n) is 10.7. The summed E-state index contributed by atoms with van der Waals surface area (Å²) in [7, 11) is 1.34. The number of hydrogen-bond acceptors (Lipinski definition) is 3. The number of carbonyl (C=O) groups excluding carboxylic acids is 1. The number of hydrogen-bond donors (Lipinski definition) is 0. The minimum Gasteiger partial charge on any atom is -0.465 e. The number of methoxy groups -OCH3 is 1. The highest BCUT2D eigenvalue weighted by molar-refractivity contribution is 6.38. The first-order chi connectivity index (χ1) is 9.22. The fraction of sp³-hybridized carbons (Fsp3) is 0.333. The first kappa shape index (κ1) is 12.4. The van der Waals surface area contributed by atoms with E-state index in [1.807, 2.05) is 6.07 Å². The van der Waals surface area contributed by atoms with Crippen LogP contribution in [0.3, 0.4) is 0 Å². The summed E-state index contributed by atoms with van der Waals surface area (Å²) in [6.07, 6.45) is 6.07. The topological polar surface area (TPSA) is 39.2 Å². The van der Waals surface area contributed by atoms with E-state index in [1.165, 1.54) is 37.3 Å². The number of benzene rings is 1. The molecule has 0 saturated heterocycles. The summed E-state index contributed by atoms with van der Waals surface area (Å²) in [5, 5.41) is 1.27. The molecule has 0 atom stereocenters. The largest absolute Gasteiger partial charge is 0.465 e. The normalized spacial score (nSPS) is 14.2. The molecular formula is C15H14ClNO2. The molecule has 0 bridgehead atoms. The second-order valence-electron chi connectivity index (χ2n) is 4.78. The van der Waals surface area contributed by atoms with Gasteiger partial charge in [-0.25, -0.2) is 4.79 Å². The van der Waals surface area contributed by atoms with Crippen molar-refractivity contribution in [3.8, 4) is 0 Å². The zero-order valence-corrected chi connectivity index (χ0v) is 11.5. The highest BCUT2D eigenvalue weighted by Gasteiger charge is 2.18. The van der Waals surface area contributed by atoms with Crippen LogP contribution in [0.1, 0.15) is 34.3 Å². The zero-order chi connectivity index (χ0) is 13.4. The van der Waals surface area contributed by atoms with Gasteiger partial charge in [-0.15, -0.1) is 0 Å². The molecular weight excluding hydrogens is 262 g/mol. The third-order valence-corrected chi connectivity index (χ3v) is 4.11. The summed E-state index contributed by atoms with van der Waals surface area (Å²) in [6.45, 7) is 0. The number of pyridine rings is 1. The number of halogens is 1. The summed E-state index contributed by atoms with van der Waals surface area (Å²) >= 11 is 6.32. The second-order valence-corrected chi connectivity index (χ2v) is 5.16. The standard InChI is InChI=1S/C15H14ClNO2/c1-19-15(18)12-8-17-14-10-5-3-2-4-9(10)6-7-11(14)13(12)16/h6-8H,2-5H2,1H3. The summed E-state index contributed by atoms with van der Waals surface area (Å²) in [5.74, 6) is -0.447. The summed E-state index contributed by atoms with van der Waals surface area (Å²) in [4.78, 5) is 16.1. The molecule has 1 aromatic carbocycles. The van der Waals surface area contributed by atoms with E-state index >= 15 is 0 Å². The Bertz CT molecular complexity index is 667. The lowest BCUT2D eigenvalue weighted by Gasteiger charge is -2.18. The number of aryl methyl sites for hydroxylation is 2. The van der Waals surface area contributed by atoms with Gasteiger partial charge in [-0.3, -0.25) is 4.98 Å². The molecule has 0 radical (unpaired) electrons. The van der Waals surface area contributed by atoms with Crippen molar-refractivity contribution in [3.05, 3.63) is 40.0 Å². The number of nitrogens with zero attached hydrogens (tertiary/aromatic N) is 1. The maximum atomic E-state index is 11.6. The highest BCUT2D eigenvalue weighted by Crippen LogP contribution is 2.33. The van der Waals surface area contributed by atoms with Crippen LogP contribution >= 0.6 is 11.6 Å². The SMILES string of the molecule is COC(=O)c1cnc2c3c(ccc2c1Cl)CCCC3. The van der Waals surface area contributed by atoms with Gasteiger partial charge in [0, 0.05) is 11.6 Å². The minimum absolute atomic E-state index is 0.326. The van der Waals surface area contributed by atoms with Crippen molar-refractivity contribution in [1.29, 1.82) is 0 Å². The number of aromatic nitrogens is 1. The van der Waals surface area contributed by atoms with Gasteiger partial charge in [-0.1, -0.05) is 23.7 Å². The van der Waals surface area contributed by atoms with Crippen molar-refractivity contribution in [3.63, 3.8) is 0 Å². The smallest absolute Gasteiger partial charge is 0.340 e. The maximum absolute atomic E-state index is 11.6. The molecule has 1 aromatic heterocycles. The Balaban J connectivity index is 2.25. The predicted octanol–water partition coefficient (Wildman–Crippen LogP) is 3.55. The van der Waals surface area contributed by atoms with Crippen LogP contribution in [0.15, 0.2) is 18.3 Å². The molecule has 2 aromatic rings. The summed E-state index contributed by atoms with van der Waals surface area (Å²) < 4.78 is 4.72. The Morgan fingerprint density at radius 1 is 1.32 bits per heavy atom. The molecule has 3 nitrogen and oxygen atoms in total. The van der Waals surface area contributed by atoms with Gasteiger partial charge in [-0.2, -0.15) is 0 Å². The maximum Gasteiger partial charge on any atom is 0.340 e. The minimum atomic E-state index is -0.447. The third-order valence-electron chi connectivity index (χ3n) is 3.70. The molecule has 0 saturated carbocycles. The van der Waals surface area contributed by atoms with E-state index in [0.29, 0.717) is 10.6 Å². The predicted molar refractivity (Wildman–Crippen MR) is 74.7 cm³/mol. The van der Waals surface area contributed by atoms with Gasteiger partial charge in [0.15, 0.2) is 0 Å². The molecule has 1 heterocycles. The molecule has 0 N–H and O–H groups in total. The Hall–Kier alpha value is -1.61. The van der Waals surface area contributed by atoms with Crippen LogP contribution in [0, 0.1) is 0 Å². The molecule has 0 amide bonds. The van der Waals surface area contributed by atoms with Crippen LogP contribution in [0.4, 0.5) is 0 Å². The lowest BCUT2D eigenvalue weighted by molar-refractivity contribution is 0.0600. The Morgan fingerprint density at radius 3 is 2.89 bits per heavy atom. The number of ether oxygens (including phenoxy) is 1. The van der Waals surface area contributed by atoms with E-state index in [0.717, 1.165) is 23.7 Å². The van der Waals surface area contributed by atoms with Crippen molar-refractivity contribution < 1.29 is 9.53 Å². The van der Waals surface area contributed by atoms with Gasteiger partial charge < -0.3 is 4.74 Å². The average Bonchev–Trinajstić information content (AvgIpc) is 2.46. The average molecular weight is 276 g/mol. The van der Waals surface area contributed by atoms with E-state index in [4.69, 9.17) is 16.3 Å². The number of carbonyl (C=O) groups is 1. The van der Waals surface area contributed by atoms with Gasteiger partial charge >= 0.3 is 5.97 Å². The number of rotatable bonds is 1. The summed E-state index contributed by atoms with van der Waals surface area (Å²) in [5.41, 5.74) is 3.89. The van der Waals surface area contributed by atoms with E-state index in [1.54, 1.807) is 0 Å². The van der Waals surface area contributed by atoms with E-state index in [9.17, 15) is 4.79 Å². The van der Waals surface area contributed by atoms with Crippen molar-refractivity contribution in [1.82, 2.24) is 4.98 Å². The van der Waals surface area contributed by atoms with Crippen LogP contribution < -0.4 is 0 Å². The fourth-order valence-electron chi connectivity index (χ4n) is 2.72. The molecule has 0 unspecified atom stereocenters. The van der Waals surface area contributed by atoms with Gasteiger partial charge in [0.2, 0.25) is 0 Å². The monoisotopic (exact) mass is 275 g/mol. The molecule has 0 aliphatic heterocycles. The van der Waals surface area contributed by atoms with Crippen LogP contribution in [0.25, 0.3) is 10.9 Å². The second kappa shape index (κ2) is 4.82. The van der Waals surface area contributed by atoms with Gasteiger partial charge in [0.25, 0.3) is 0 Å². The van der Waals surface area contributed by atoms with E-state index in [2.05, 4.69) is 11.1 Å². The van der Waals surface area contributed by atoms with Crippen LogP contribution in [-0.2, 0) is 17.6 Å². The molecule has 1 aliphatic carbocycles. The number of esters is 1. The first-order valence-corrected chi connectivity index (χ1v) is 6.77. The van der Waals surface area contributed by atoms with Crippen molar-refractivity contribution >= 4 is 28.5 Å². The molecule has 19 heavy (non-hydrogen) atoms. The molecule has 1 aliphatic rings. The lowest BCUT2D eigenvalue weighted by Crippen LogP contribution is -2.07. The first-order valence-electron chi connectivity index (χ1n) is 6.39. The van der Waals surface area contributed by atoms with Crippen LogP contribution in [-0.4, -0.2) is 18.1 Å². The van der Waals surface area contributed by atoms with Gasteiger partial charge in [-0.05, 0) is 36.8 Å². The van der Waals surface area contributed by atoms with Crippen LogP contribution in [0.2, 0.25) is 5.02 Å². The highest BCUT2D eigenvalue weighted by atomic mass is 35.5. The van der Waals surface area contributed by atoms with Gasteiger partial charge in [0.05, 0.1) is 23.2 Å². The Kier molecular flexibility index (Phi) is 3.15. The third kappa shape index (κ3) is 1.98. The van der Waals surface area contributed by atoms with Crippen molar-refractivity contribution in [2.75, 3.05) is 7.11 Å². The van der Waals surface area contributed by atoms with Crippen molar-refractivity contribution in [2.45, 2.75) is 25.7 Å². The Morgan fingerprint density at radius 2 is 2.11 bits per heavy atom.